The number of benzene rings is 1. The molecule has 0 spiro atoms. The van der Waals surface area contributed by atoms with E-state index in [2.05, 4.69) is 202 Å². The van der Waals surface area contributed by atoms with E-state index in [1.54, 1.807) is 35.5 Å². The molecule has 446 valence electrons. The van der Waals surface area contributed by atoms with Crippen LogP contribution in [0, 0.1) is 0 Å². The third-order valence-corrected chi connectivity index (χ3v) is 15.0. The summed E-state index contributed by atoms with van der Waals surface area (Å²) in [5, 5.41) is 19.6. The number of aryl methyl sites for hydroxylation is 1. The number of pyridine rings is 3. The van der Waals surface area contributed by atoms with Crippen LogP contribution in [0.1, 0.15) is 174 Å². The van der Waals surface area contributed by atoms with Crippen LogP contribution in [0.15, 0.2) is 132 Å². The highest BCUT2D eigenvalue weighted by molar-refractivity contribution is 9.10. The van der Waals surface area contributed by atoms with Crippen LogP contribution in [0.25, 0.3) is 34.0 Å². The lowest BCUT2D eigenvalue weighted by Gasteiger charge is -2.29. The Labute approximate surface area is 507 Å². The van der Waals surface area contributed by atoms with Crippen LogP contribution in [-0.2, 0) is 20.1 Å². The highest BCUT2D eigenvalue weighted by atomic mass is 79.9. The molecule has 0 radical (unpaired) electrons. The molecule has 1 saturated heterocycles. The van der Waals surface area contributed by atoms with E-state index in [9.17, 15) is 0 Å². The Balaban J connectivity index is 0.000000180. The lowest BCUT2D eigenvalue weighted by molar-refractivity contribution is 0.185. The van der Waals surface area contributed by atoms with Gasteiger partial charge in [-0.25, -0.2) is 34.3 Å². The molecule has 0 atom stereocenters. The molecule has 0 aliphatic carbocycles. The summed E-state index contributed by atoms with van der Waals surface area (Å²) >= 11 is 5.07. The number of fused-ring (bicyclic) bond motifs is 1. The number of nitrogens with one attached hydrogen (secondary N) is 1. The van der Waals surface area contributed by atoms with Crippen molar-refractivity contribution in [2.45, 2.75) is 171 Å². The molecular formula is C64H91BrN16OS. The average Bonchev–Trinajstić information content (AvgIpc) is 4.44. The van der Waals surface area contributed by atoms with E-state index in [1.165, 1.54) is 59.7 Å². The van der Waals surface area contributed by atoms with E-state index in [-0.39, 0.29) is 0 Å². The molecule has 2 aliphatic rings. The Morgan fingerprint density at radius 3 is 1.63 bits per heavy atom. The van der Waals surface area contributed by atoms with Gasteiger partial charge >= 0.3 is 0 Å². The summed E-state index contributed by atoms with van der Waals surface area (Å²) in [6, 6.07) is 25.8. The van der Waals surface area contributed by atoms with Gasteiger partial charge in [-0.05, 0) is 139 Å². The van der Waals surface area contributed by atoms with Gasteiger partial charge in [0.05, 0.1) is 47.9 Å². The number of H-pyrrole nitrogens is 1. The molecule has 2 aliphatic heterocycles. The second-order valence-electron chi connectivity index (χ2n) is 22.4. The number of likely N-dealkylation sites (tertiary alicyclic amines) is 1. The number of imidazole rings is 2. The summed E-state index contributed by atoms with van der Waals surface area (Å²) < 4.78 is 11.5. The zero-order chi connectivity index (χ0) is 60.4. The molecule has 0 unspecified atom stereocenters. The van der Waals surface area contributed by atoms with E-state index in [4.69, 9.17) is 4.74 Å². The lowest BCUT2D eigenvalue weighted by Crippen LogP contribution is -2.35. The molecule has 10 heterocycles. The molecule has 11 rings (SSSR count). The first-order valence-corrected chi connectivity index (χ1v) is 30.8. The number of hydrogen-bond donors (Lipinski definition) is 1. The molecule has 1 N–H and O–H groups in total. The molecular weight excluding hydrogens is 1120 g/mol. The summed E-state index contributed by atoms with van der Waals surface area (Å²) in [6.07, 6.45) is 19.3. The third kappa shape index (κ3) is 22.4. The van der Waals surface area contributed by atoms with Crippen LogP contribution in [0.3, 0.4) is 0 Å². The fourth-order valence-electron chi connectivity index (χ4n) is 8.37. The van der Waals surface area contributed by atoms with Gasteiger partial charge < -0.3 is 19.2 Å². The molecule has 17 nitrogen and oxygen atoms in total. The van der Waals surface area contributed by atoms with Gasteiger partial charge in [0.25, 0.3) is 0 Å². The Morgan fingerprint density at radius 2 is 1.18 bits per heavy atom. The number of ether oxygens (including phenoxy) is 1. The maximum absolute atomic E-state index is 5.06. The van der Waals surface area contributed by atoms with E-state index in [1.807, 2.05) is 108 Å². The molecule has 19 heteroatoms. The van der Waals surface area contributed by atoms with Gasteiger partial charge in [0.1, 0.15) is 21.8 Å². The van der Waals surface area contributed by atoms with Crippen molar-refractivity contribution >= 4 is 27.3 Å². The minimum atomic E-state index is 0.298. The number of hydrogen-bond acceptors (Lipinski definition) is 14. The van der Waals surface area contributed by atoms with Crippen molar-refractivity contribution in [1.29, 1.82) is 0 Å². The van der Waals surface area contributed by atoms with E-state index < -0.39 is 0 Å². The van der Waals surface area contributed by atoms with Crippen molar-refractivity contribution in [2.75, 3.05) is 20.2 Å². The fourth-order valence-corrected chi connectivity index (χ4v) is 9.56. The van der Waals surface area contributed by atoms with E-state index >= 15 is 0 Å². The van der Waals surface area contributed by atoms with E-state index in [0.29, 0.717) is 41.8 Å². The van der Waals surface area contributed by atoms with Crippen molar-refractivity contribution in [3.63, 3.8) is 0 Å². The number of halogens is 1. The van der Waals surface area contributed by atoms with Gasteiger partial charge in [-0.1, -0.05) is 101 Å². The van der Waals surface area contributed by atoms with Crippen LogP contribution >= 0.6 is 27.3 Å². The summed E-state index contributed by atoms with van der Waals surface area (Å²) in [4.78, 5) is 33.4. The lowest BCUT2D eigenvalue weighted by atomic mass is 10.1. The predicted octanol–water partition coefficient (Wildman–Crippen LogP) is 15.3. The highest BCUT2D eigenvalue weighted by Crippen LogP contribution is 2.27. The molecule has 0 amide bonds. The third-order valence-electron chi connectivity index (χ3n) is 13.5. The Bertz CT molecular complexity index is 3150. The number of piperidine rings is 1. The maximum Gasteiger partial charge on any atom is 0.213 e. The molecule has 9 aromatic rings. The Morgan fingerprint density at radius 1 is 0.566 bits per heavy atom. The number of methoxy groups -OCH3 is 1. The van der Waals surface area contributed by atoms with Crippen LogP contribution in [0.4, 0.5) is 0 Å². The minimum absolute atomic E-state index is 0.298. The summed E-state index contributed by atoms with van der Waals surface area (Å²) in [5.41, 5.74) is 9.49. The second kappa shape index (κ2) is 34.7. The molecule has 1 aromatic carbocycles. The van der Waals surface area contributed by atoms with Gasteiger partial charge in [-0.15, -0.1) is 21.5 Å². The first-order valence-electron chi connectivity index (χ1n) is 29.1. The second-order valence-corrected chi connectivity index (χ2v) is 24.1. The minimum Gasteiger partial charge on any atom is -0.481 e. The number of thiazole rings is 1. The van der Waals surface area contributed by atoms with Crippen LogP contribution in [-0.4, -0.2) is 112 Å². The quantitative estimate of drug-likeness (QED) is 0.121. The zero-order valence-electron chi connectivity index (χ0n) is 52.0. The summed E-state index contributed by atoms with van der Waals surface area (Å²) in [6.45, 7) is 35.0. The first-order chi connectivity index (χ1) is 39.7. The average molecular weight is 1210 g/mol. The van der Waals surface area contributed by atoms with Gasteiger partial charge in [-0.2, -0.15) is 0 Å². The number of aromatic amines is 1. The summed E-state index contributed by atoms with van der Waals surface area (Å²) in [5.74, 6) is 3.35. The van der Waals surface area contributed by atoms with Gasteiger partial charge in [0.2, 0.25) is 5.88 Å². The Hall–Kier alpha value is -6.80. The van der Waals surface area contributed by atoms with Gasteiger partial charge in [0, 0.05) is 110 Å². The van der Waals surface area contributed by atoms with Crippen LogP contribution in [0.5, 0.6) is 5.88 Å². The monoisotopic (exact) mass is 1210 g/mol. The largest absolute Gasteiger partial charge is 0.481 e. The van der Waals surface area contributed by atoms with Crippen molar-refractivity contribution < 1.29 is 4.74 Å². The number of nitrogens with zero attached hydrogens (tertiary/aromatic N) is 15. The fraction of sp³-hybridized carbons (Fsp3) is 0.469. The van der Waals surface area contributed by atoms with Gasteiger partial charge in [0.15, 0.2) is 0 Å². The summed E-state index contributed by atoms with van der Waals surface area (Å²) in [7, 11) is 3.61. The highest BCUT2D eigenvalue weighted by Gasteiger charge is 2.20. The number of rotatable bonds is 11. The maximum atomic E-state index is 5.06. The van der Waals surface area contributed by atoms with E-state index in [0.717, 1.165) is 58.0 Å². The Kier molecular flexibility index (Phi) is 28.0. The van der Waals surface area contributed by atoms with Crippen molar-refractivity contribution in [1.82, 2.24) is 79.2 Å². The molecule has 1 fully saturated rings. The van der Waals surface area contributed by atoms with Crippen molar-refractivity contribution in [3.8, 4) is 39.9 Å². The topological polar surface area (TPSA) is 175 Å². The first kappa shape index (κ1) is 67.0. The van der Waals surface area contributed by atoms with Gasteiger partial charge in [-0.3, -0.25) is 9.88 Å². The molecule has 0 bridgehead atoms. The molecule has 83 heavy (non-hydrogen) atoms. The molecule has 0 saturated carbocycles. The van der Waals surface area contributed by atoms with Crippen molar-refractivity contribution in [2.24, 2.45) is 7.05 Å². The normalized spacial score (nSPS) is 13.0. The van der Waals surface area contributed by atoms with Crippen molar-refractivity contribution in [3.05, 3.63) is 160 Å². The number of aromatic nitrogens is 14. The smallest absolute Gasteiger partial charge is 0.213 e. The zero-order valence-corrected chi connectivity index (χ0v) is 54.4. The SMILES string of the molecule is CC(C)N1CCCCC1.CC(C)N1Cc2ccncc2C1.CC(C)c1cnc[nH]1.CC(C)c1nc(-c2ccccc2)cs1.CC(C)c1nccn1C.CC(C)n1cc(-c2cccc(Br)n2)nn1.COc1cccc(-c2cn(C(C)C)nn2)n1. The standard InChI is InChI=1S/C12H13NS.C11H14N4O.C10H11BrN4.C10H14N2.C8H17N.C7H12N2.C6H10N2/c1-9(2)12-13-11(8-14-12)10-6-4-3-5-7-10;1-8(2)15-7-10(13-14-15)9-5-4-6-11(12-9)16-3;1-7(2)15-6-9(13-14-15)8-4-3-5-10(11)12-8;1-8(2)12-6-9-3-4-11-5-10(9)7-12;1-8(2)9-6-4-3-5-7-9;1-6(2)7-8-4-5-9(7)3;1-5(2)6-3-7-4-8-6/h3-9H,1-2H3;4-8H,1-3H3;3-7H,1-2H3;3-5,8H,6-7H2,1-2H3;8H,3-7H2,1-2H3;4-6H,1-3H3;3-5H,1-2H3,(H,7,8). The predicted molar refractivity (Wildman–Crippen MR) is 342 cm³/mol. The molecule has 8 aromatic heterocycles. The van der Waals surface area contributed by atoms with Crippen LogP contribution < -0.4 is 4.74 Å². The van der Waals surface area contributed by atoms with Crippen LogP contribution in [0.2, 0.25) is 0 Å².